The smallest absolute Gasteiger partial charge is 0.145 e. The van der Waals surface area contributed by atoms with Crippen LogP contribution < -0.4 is 5.32 Å². The average Bonchev–Trinajstić information content (AvgIpc) is 2.04. The average molecular weight is 197 g/mol. The lowest BCUT2D eigenvalue weighted by Gasteiger charge is -2.05. The summed E-state index contributed by atoms with van der Waals surface area (Å²) in [4.78, 5) is 8.50. The highest BCUT2D eigenvalue weighted by Gasteiger charge is 2.00. The molecule has 1 rings (SSSR count). The summed E-state index contributed by atoms with van der Waals surface area (Å²) in [6.07, 6.45) is 3.54. The van der Waals surface area contributed by atoms with Gasteiger partial charge in [0.25, 0.3) is 0 Å². The van der Waals surface area contributed by atoms with Gasteiger partial charge in [0, 0.05) is 11.8 Å². The molecule has 1 aromatic heterocycles. The monoisotopic (exact) mass is 197 g/mol. The Hall–Kier alpha value is -0.770. The van der Waals surface area contributed by atoms with E-state index < -0.39 is 0 Å². The number of rotatable bonds is 4. The minimum atomic E-state index is 0.547. The second-order valence-corrected chi connectivity index (χ2v) is 4.54. The van der Waals surface area contributed by atoms with Gasteiger partial charge in [-0.1, -0.05) is 13.8 Å². The topological polar surface area (TPSA) is 37.8 Å². The van der Waals surface area contributed by atoms with E-state index in [1.54, 1.807) is 24.2 Å². The Morgan fingerprint density at radius 1 is 1.46 bits per heavy atom. The molecule has 13 heavy (non-hydrogen) atoms. The molecule has 0 aliphatic carbocycles. The van der Waals surface area contributed by atoms with Gasteiger partial charge in [-0.15, -0.1) is 11.8 Å². The summed E-state index contributed by atoms with van der Waals surface area (Å²) < 4.78 is 0. The minimum absolute atomic E-state index is 0.547. The van der Waals surface area contributed by atoms with E-state index in [4.69, 9.17) is 0 Å². The molecule has 1 heterocycles. The molecule has 0 radical (unpaired) electrons. The van der Waals surface area contributed by atoms with Crippen molar-refractivity contribution >= 4 is 17.6 Å². The van der Waals surface area contributed by atoms with Gasteiger partial charge in [-0.25, -0.2) is 4.98 Å². The Morgan fingerprint density at radius 2 is 2.23 bits per heavy atom. The number of nitrogens with zero attached hydrogens (tertiary/aromatic N) is 2. The van der Waals surface area contributed by atoms with Crippen LogP contribution in [-0.4, -0.2) is 21.8 Å². The van der Waals surface area contributed by atoms with E-state index in [-0.39, 0.29) is 0 Å². The highest BCUT2D eigenvalue weighted by molar-refractivity contribution is 7.99. The Kier molecular flexibility index (Phi) is 4.02. The number of aromatic nitrogens is 2. The first-order chi connectivity index (χ1) is 6.22. The van der Waals surface area contributed by atoms with E-state index >= 15 is 0 Å². The van der Waals surface area contributed by atoms with Crippen LogP contribution in [0.25, 0.3) is 0 Å². The maximum atomic E-state index is 4.39. The van der Waals surface area contributed by atoms with Crippen LogP contribution in [0.4, 0.5) is 5.82 Å². The Balaban J connectivity index is 2.67. The van der Waals surface area contributed by atoms with Gasteiger partial charge in [0.1, 0.15) is 10.8 Å². The molecular weight excluding hydrogens is 182 g/mol. The largest absolute Gasteiger partial charge is 0.369 e. The maximum absolute atomic E-state index is 4.39. The van der Waals surface area contributed by atoms with Crippen molar-refractivity contribution in [1.82, 2.24) is 9.97 Å². The van der Waals surface area contributed by atoms with Crippen molar-refractivity contribution in [3.8, 4) is 0 Å². The molecule has 72 valence electrons. The van der Waals surface area contributed by atoms with Crippen molar-refractivity contribution < 1.29 is 0 Å². The van der Waals surface area contributed by atoms with Crippen molar-refractivity contribution in [3.63, 3.8) is 0 Å². The molecule has 0 aromatic carbocycles. The van der Waals surface area contributed by atoms with Crippen LogP contribution in [0, 0.1) is 0 Å². The molecule has 0 amide bonds. The molecule has 0 unspecified atom stereocenters. The molecule has 0 bridgehead atoms. The lowest BCUT2D eigenvalue weighted by molar-refractivity contribution is 1.01. The summed E-state index contributed by atoms with van der Waals surface area (Å²) in [5.41, 5.74) is 0. The van der Waals surface area contributed by atoms with Crippen LogP contribution >= 0.6 is 11.8 Å². The first kappa shape index (κ1) is 10.3. The molecule has 4 heteroatoms. The molecule has 0 saturated carbocycles. The second kappa shape index (κ2) is 5.07. The summed E-state index contributed by atoms with van der Waals surface area (Å²) in [6.45, 7) is 7.22. The van der Waals surface area contributed by atoms with Gasteiger partial charge in [-0.05, 0) is 6.92 Å². The third-order valence-corrected chi connectivity index (χ3v) is 2.24. The number of anilines is 1. The van der Waals surface area contributed by atoms with Crippen LogP contribution in [0.2, 0.25) is 0 Å². The molecule has 0 aliphatic heterocycles. The zero-order chi connectivity index (χ0) is 9.68. The minimum Gasteiger partial charge on any atom is -0.369 e. The van der Waals surface area contributed by atoms with E-state index in [1.165, 1.54) is 0 Å². The molecule has 1 aromatic rings. The normalized spacial score (nSPS) is 10.5. The fraction of sp³-hybridized carbons (Fsp3) is 0.556. The van der Waals surface area contributed by atoms with Gasteiger partial charge in [0.05, 0.1) is 12.4 Å². The maximum Gasteiger partial charge on any atom is 0.145 e. The first-order valence-electron chi connectivity index (χ1n) is 4.45. The fourth-order valence-electron chi connectivity index (χ4n) is 0.913. The lowest BCUT2D eigenvalue weighted by atomic mass is 10.6. The third-order valence-electron chi connectivity index (χ3n) is 1.33. The quantitative estimate of drug-likeness (QED) is 0.752. The predicted octanol–water partition coefficient (Wildman–Crippen LogP) is 2.41. The van der Waals surface area contributed by atoms with Crippen molar-refractivity contribution in [2.75, 3.05) is 11.9 Å². The molecule has 0 spiro atoms. The standard InChI is InChI=1S/C9H15N3S/c1-4-11-8-5-10-6-9(12-8)13-7(2)3/h5-7H,4H2,1-3H3,(H,11,12). The summed E-state index contributed by atoms with van der Waals surface area (Å²) in [6, 6.07) is 0. The van der Waals surface area contributed by atoms with Gasteiger partial charge in [-0.3, -0.25) is 4.98 Å². The molecule has 0 fully saturated rings. The predicted molar refractivity (Wildman–Crippen MR) is 57.2 cm³/mol. The SMILES string of the molecule is CCNc1cncc(SC(C)C)n1. The van der Waals surface area contributed by atoms with E-state index in [0.717, 1.165) is 17.4 Å². The summed E-state index contributed by atoms with van der Waals surface area (Å²) in [7, 11) is 0. The van der Waals surface area contributed by atoms with E-state index in [2.05, 4.69) is 29.1 Å². The Morgan fingerprint density at radius 3 is 2.85 bits per heavy atom. The van der Waals surface area contributed by atoms with Gasteiger partial charge >= 0.3 is 0 Å². The molecule has 0 aliphatic rings. The Bertz CT molecular complexity index is 263. The lowest BCUT2D eigenvalue weighted by Crippen LogP contribution is -2.00. The van der Waals surface area contributed by atoms with Crippen molar-refractivity contribution in [1.29, 1.82) is 0 Å². The van der Waals surface area contributed by atoms with Crippen LogP contribution in [0.5, 0.6) is 0 Å². The number of hydrogen-bond acceptors (Lipinski definition) is 4. The first-order valence-corrected chi connectivity index (χ1v) is 5.33. The fourth-order valence-corrected chi connectivity index (χ4v) is 1.67. The zero-order valence-corrected chi connectivity index (χ0v) is 9.06. The molecule has 0 atom stereocenters. The Labute approximate surface area is 83.4 Å². The highest BCUT2D eigenvalue weighted by Crippen LogP contribution is 2.20. The van der Waals surface area contributed by atoms with Gasteiger partial charge < -0.3 is 5.32 Å². The van der Waals surface area contributed by atoms with Crippen molar-refractivity contribution in [2.24, 2.45) is 0 Å². The van der Waals surface area contributed by atoms with Crippen LogP contribution in [0.1, 0.15) is 20.8 Å². The number of nitrogens with one attached hydrogen (secondary N) is 1. The highest BCUT2D eigenvalue weighted by atomic mass is 32.2. The number of hydrogen-bond donors (Lipinski definition) is 1. The van der Waals surface area contributed by atoms with Crippen LogP contribution in [0.15, 0.2) is 17.4 Å². The molecule has 3 nitrogen and oxygen atoms in total. The number of thioether (sulfide) groups is 1. The molecule has 1 N–H and O–H groups in total. The summed E-state index contributed by atoms with van der Waals surface area (Å²) in [5.74, 6) is 0.855. The van der Waals surface area contributed by atoms with Gasteiger partial charge in [0.2, 0.25) is 0 Å². The third kappa shape index (κ3) is 3.63. The van der Waals surface area contributed by atoms with Crippen molar-refractivity contribution in [3.05, 3.63) is 12.4 Å². The van der Waals surface area contributed by atoms with Crippen LogP contribution in [-0.2, 0) is 0 Å². The van der Waals surface area contributed by atoms with E-state index in [0.29, 0.717) is 5.25 Å². The second-order valence-electron chi connectivity index (χ2n) is 2.94. The van der Waals surface area contributed by atoms with E-state index in [1.807, 2.05) is 6.92 Å². The van der Waals surface area contributed by atoms with Crippen molar-refractivity contribution in [2.45, 2.75) is 31.0 Å². The zero-order valence-electron chi connectivity index (χ0n) is 8.24. The summed E-state index contributed by atoms with van der Waals surface area (Å²) in [5, 5.41) is 4.66. The molecular formula is C9H15N3S. The molecule has 0 saturated heterocycles. The van der Waals surface area contributed by atoms with Crippen LogP contribution in [0.3, 0.4) is 0 Å². The van der Waals surface area contributed by atoms with Gasteiger partial charge in [-0.2, -0.15) is 0 Å². The van der Waals surface area contributed by atoms with E-state index in [9.17, 15) is 0 Å². The van der Waals surface area contributed by atoms with Gasteiger partial charge in [0.15, 0.2) is 0 Å². The summed E-state index contributed by atoms with van der Waals surface area (Å²) >= 11 is 1.72.